The Balaban J connectivity index is 3.27. The van der Waals surface area contributed by atoms with Crippen LogP contribution in [0.3, 0.4) is 0 Å². The van der Waals surface area contributed by atoms with Crippen LogP contribution in [0.2, 0.25) is 0 Å². The molecular formula is C10H13NO4. The van der Waals surface area contributed by atoms with Crippen LogP contribution in [0.25, 0.3) is 0 Å². The number of ether oxygens (including phenoxy) is 2. The van der Waals surface area contributed by atoms with Gasteiger partial charge in [-0.25, -0.2) is 0 Å². The Kier molecular flexibility index (Phi) is 3.49. The summed E-state index contributed by atoms with van der Waals surface area (Å²) < 4.78 is 10.1. The zero-order chi connectivity index (χ0) is 11.4. The van der Waals surface area contributed by atoms with Crippen molar-refractivity contribution in [3.8, 4) is 11.5 Å². The number of aromatic nitrogens is 1. The van der Waals surface area contributed by atoms with E-state index in [1.54, 1.807) is 6.92 Å². The monoisotopic (exact) mass is 211 g/mol. The number of carboxylic acid groups (broad SMARTS) is 1. The molecule has 0 saturated carbocycles. The van der Waals surface area contributed by atoms with Gasteiger partial charge in [0.15, 0.2) is 0 Å². The number of hydrogen-bond donors (Lipinski definition) is 1. The Bertz CT molecular complexity index is 342. The summed E-state index contributed by atoms with van der Waals surface area (Å²) in [4.78, 5) is 14.8. The molecule has 0 saturated heterocycles. The number of nitrogens with zero attached hydrogens (tertiary/aromatic N) is 1. The first-order chi connectivity index (χ1) is 7.11. The van der Waals surface area contributed by atoms with E-state index in [2.05, 4.69) is 4.98 Å². The molecule has 0 aromatic carbocycles. The molecule has 1 aromatic rings. The van der Waals surface area contributed by atoms with E-state index in [1.165, 1.54) is 26.6 Å². The highest BCUT2D eigenvalue weighted by molar-refractivity contribution is 5.78. The smallest absolute Gasteiger partial charge is 0.310 e. The maximum Gasteiger partial charge on any atom is 0.310 e. The number of hydrogen-bond acceptors (Lipinski definition) is 4. The summed E-state index contributed by atoms with van der Waals surface area (Å²) in [5.41, 5.74) is 0.502. The number of carbonyl (C=O) groups is 1. The van der Waals surface area contributed by atoms with Gasteiger partial charge >= 0.3 is 5.97 Å². The summed E-state index contributed by atoms with van der Waals surface area (Å²) in [5, 5.41) is 8.94. The molecule has 0 aliphatic heterocycles. The van der Waals surface area contributed by atoms with E-state index in [9.17, 15) is 4.79 Å². The molecule has 1 rings (SSSR count). The molecule has 1 N–H and O–H groups in total. The Morgan fingerprint density at radius 2 is 1.80 bits per heavy atom. The number of methoxy groups -OCH3 is 2. The van der Waals surface area contributed by atoms with Gasteiger partial charge in [0.1, 0.15) is 11.5 Å². The van der Waals surface area contributed by atoms with Crippen molar-refractivity contribution >= 4 is 5.97 Å². The van der Waals surface area contributed by atoms with Crippen LogP contribution in [0.1, 0.15) is 18.4 Å². The summed E-state index contributed by atoms with van der Waals surface area (Å²) in [5.74, 6) is -0.788. The van der Waals surface area contributed by atoms with Gasteiger partial charge in [-0.15, -0.1) is 0 Å². The topological polar surface area (TPSA) is 68.7 Å². The number of pyridine rings is 1. The van der Waals surface area contributed by atoms with Gasteiger partial charge in [-0.1, -0.05) is 0 Å². The molecule has 82 valence electrons. The first-order valence-electron chi connectivity index (χ1n) is 4.40. The molecule has 1 atom stereocenters. The number of aliphatic carboxylic acids is 1. The fourth-order valence-electron chi connectivity index (χ4n) is 1.31. The average molecular weight is 211 g/mol. The van der Waals surface area contributed by atoms with Crippen molar-refractivity contribution in [2.75, 3.05) is 14.2 Å². The lowest BCUT2D eigenvalue weighted by Crippen LogP contribution is -2.10. The van der Waals surface area contributed by atoms with Crippen molar-refractivity contribution < 1.29 is 19.4 Å². The van der Waals surface area contributed by atoms with Gasteiger partial charge in [0.2, 0.25) is 0 Å². The third-order valence-electron chi connectivity index (χ3n) is 2.16. The van der Waals surface area contributed by atoms with E-state index in [0.717, 1.165) is 0 Å². The SMILES string of the molecule is COc1cncc(OC)c1C(C)C(=O)O. The highest BCUT2D eigenvalue weighted by atomic mass is 16.5. The Morgan fingerprint density at radius 3 is 2.13 bits per heavy atom. The van der Waals surface area contributed by atoms with Gasteiger partial charge in [-0.3, -0.25) is 9.78 Å². The molecule has 1 unspecified atom stereocenters. The first kappa shape index (κ1) is 11.3. The standard InChI is InChI=1S/C10H13NO4/c1-6(10(12)13)9-7(14-2)4-11-5-8(9)15-3/h4-6H,1-3H3,(H,12,13). The molecule has 0 amide bonds. The third kappa shape index (κ3) is 2.18. The molecule has 0 bridgehead atoms. The largest absolute Gasteiger partial charge is 0.495 e. The Labute approximate surface area is 87.7 Å². The van der Waals surface area contributed by atoms with E-state index in [-0.39, 0.29) is 0 Å². The second-order valence-electron chi connectivity index (χ2n) is 3.02. The van der Waals surface area contributed by atoms with Gasteiger partial charge < -0.3 is 14.6 Å². The summed E-state index contributed by atoms with van der Waals surface area (Å²) in [7, 11) is 2.93. The van der Waals surface area contributed by atoms with Gasteiger partial charge in [0.25, 0.3) is 0 Å². The minimum absolute atomic E-state index is 0.421. The quantitative estimate of drug-likeness (QED) is 0.812. The zero-order valence-electron chi connectivity index (χ0n) is 8.85. The molecular weight excluding hydrogens is 198 g/mol. The van der Waals surface area contributed by atoms with Crippen LogP contribution in [-0.4, -0.2) is 30.3 Å². The lowest BCUT2D eigenvalue weighted by molar-refractivity contribution is -0.138. The molecule has 0 fully saturated rings. The molecule has 0 aliphatic carbocycles. The van der Waals surface area contributed by atoms with Crippen LogP contribution in [0.15, 0.2) is 12.4 Å². The van der Waals surface area contributed by atoms with Crippen molar-refractivity contribution in [1.29, 1.82) is 0 Å². The highest BCUT2D eigenvalue weighted by Gasteiger charge is 2.22. The molecule has 5 heteroatoms. The maximum atomic E-state index is 10.9. The molecule has 0 aliphatic rings. The maximum absolute atomic E-state index is 10.9. The molecule has 5 nitrogen and oxygen atoms in total. The molecule has 1 aromatic heterocycles. The lowest BCUT2D eigenvalue weighted by atomic mass is 10.0. The van der Waals surface area contributed by atoms with E-state index in [4.69, 9.17) is 14.6 Å². The summed E-state index contributed by atoms with van der Waals surface area (Å²) in [6.07, 6.45) is 2.94. The van der Waals surface area contributed by atoms with Crippen LogP contribution in [0.4, 0.5) is 0 Å². The highest BCUT2D eigenvalue weighted by Crippen LogP contribution is 2.33. The van der Waals surface area contributed by atoms with E-state index in [0.29, 0.717) is 17.1 Å². The third-order valence-corrected chi connectivity index (χ3v) is 2.16. The molecule has 0 radical (unpaired) electrons. The summed E-state index contributed by atoms with van der Waals surface area (Å²) in [6, 6.07) is 0. The summed E-state index contributed by atoms with van der Waals surface area (Å²) in [6.45, 7) is 1.57. The van der Waals surface area contributed by atoms with Gasteiger partial charge in [-0.05, 0) is 6.92 Å². The minimum atomic E-state index is -0.933. The Hall–Kier alpha value is -1.78. The van der Waals surface area contributed by atoms with Crippen molar-refractivity contribution in [2.45, 2.75) is 12.8 Å². The second-order valence-corrected chi connectivity index (χ2v) is 3.02. The predicted molar refractivity (Wildman–Crippen MR) is 53.4 cm³/mol. The molecule has 15 heavy (non-hydrogen) atoms. The van der Waals surface area contributed by atoms with Crippen molar-refractivity contribution in [3.05, 3.63) is 18.0 Å². The molecule has 1 heterocycles. The lowest BCUT2D eigenvalue weighted by Gasteiger charge is -2.14. The van der Waals surface area contributed by atoms with E-state index < -0.39 is 11.9 Å². The minimum Gasteiger partial charge on any atom is -0.495 e. The predicted octanol–water partition coefficient (Wildman–Crippen LogP) is 1.29. The van der Waals surface area contributed by atoms with Crippen LogP contribution in [0.5, 0.6) is 11.5 Å². The van der Waals surface area contributed by atoms with Crippen LogP contribution >= 0.6 is 0 Å². The fraction of sp³-hybridized carbons (Fsp3) is 0.400. The number of carboxylic acids is 1. The normalized spacial score (nSPS) is 11.9. The number of rotatable bonds is 4. The zero-order valence-corrected chi connectivity index (χ0v) is 8.85. The Morgan fingerprint density at radius 1 is 1.33 bits per heavy atom. The van der Waals surface area contributed by atoms with Gasteiger partial charge in [0, 0.05) is 0 Å². The van der Waals surface area contributed by atoms with Crippen molar-refractivity contribution in [1.82, 2.24) is 4.98 Å². The van der Waals surface area contributed by atoms with Crippen molar-refractivity contribution in [3.63, 3.8) is 0 Å². The second kappa shape index (κ2) is 4.63. The molecule has 0 spiro atoms. The van der Waals surface area contributed by atoms with Crippen LogP contribution < -0.4 is 9.47 Å². The van der Waals surface area contributed by atoms with E-state index >= 15 is 0 Å². The fourth-order valence-corrected chi connectivity index (χ4v) is 1.31. The average Bonchev–Trinajstić information content (AvgIpc) is 2.26. The van der Waals surface area contributed by atoms with Crippen LogP contribution in [0, 0.1) is 0 Å². The van der Waals surface area contributed by atoms with Gasteiger partial charge in [0.05, 0.1) is 38.1 Å². The van der Waals surface area contributed by atoms with Crippen molar-refractivity contribution in [2.24, 2.45) is 0 Å². The first-order valence-corrected chi connectivity index (χ1v) is 4.40. The van der Waals surface area contributed by atoms with E-state index in [1.807, 2.05) is 0 Å². The van der Waals surface area contributed by atoms with Crippen LogP contribution in [-0.2, 0) is 4.79 Å². The summed E-state index contributed by atoms with van der Waals surface area (Å²) >= 11 is 0. The van der Waals surface area contributed by atoms with Gasteiger partial charge in [-0.2, -0.15) is 0 Å².